The van der Waals surface area contributed by atoms with Crippen LogP contribution in [0.25, 0.3) is 0 Å². The molecule has 1 amide bonds. The van der Waals surface area contributed by atoms with Crippen LogP contribution >= 0.6 is 0 Å². The number of hydrogen-bond acceptors (Lipinski definition) is 3. The highest BCUT2D eigenvalue weighted by molar-refractivity contribution is 5.94. The number of nitrogens with two attached hydrogens (primary N) is 1. The van der Waals surface area contributed by atoms with E-state index < -0.39 is 11.7 Å². The molecule has 0 spiro atoms. The first kappa shape index (κ1) is 15.3. The van der Waals surface area contributed by atoms with Gasteiger partial charge in [0.1, 0.15) is 17.3 Å². The normalized spacial score (nSPS) is 16.3. The molecule has 0 aromatic heterocycles. The van der Waals surface area contributed by atoms with Gasteiger partial charge in [-0.3, -0.25) is 4.79 Å². The number of halogens is 1. The zero-order valence-corrected chi connectivity index (χ0v) is 12.8. The molecule has 1 aliphatic heterocycles. The predicted molar refractivity (Wildman–Crippen MR) is 84.3 cm³/mol. The maximum Gasteiger partial charge on any atom is 0.251 e. The summed E-state index contributed by atoms with van der Waals surface area (Å²) in [6.45, 7) is 0.509. The van der Waals surface area contributed by atoms with Crippen molar-refractivity contribution in [2.75, 3.05) is 13.7 Å². The number of methoxy groups -OCH3 is 1. The zero-order chi connectivity index (χ0) is 16.4. The first-order chi connectivity index (χ1) is 11.1. The molecule has 1 aliphatic rings. The molecule has 4 nitrogen and oxygen atoms in total. The topological polar surface area (TPSA) is 61.6 Å². The fraction of sp³-hybridized carbons (Fsp3) is 0.278. The fourth-order valence-electron chi connectivity index (χ4n) is 3.00. The van der Waals surface area contributed by atoms with E-state index in [9.17, 15) is 9.18 Å². The molecule has 1 heterocycles. The Labute approximate surface area is 134 Å². The van der Waals surface area contributed by atoms with Gasteiger partial charge in [-0.1, -0.05) is 18.2 Å². The Bertz CT molecular complexity index is 745. The van der Waals surface area contributed by atoms with E-state index in [1.54, 1.807) is 19.2 Å². The summed E-state index contributed by atoms with van der Waals surface area (Å²) in [5.74, 6) is 0.422. The Morgan fingerprint density at radius 1 is 1.39 bits per heavy atom. The Kier molecular flexibility index (Phi) is 4.19. The van der Waals surface area contributed by atoms with Crippen LogP contribution in [-0.4, -0.2) is 19.6 Å². The number of carbonyl (C=O) groups is 1. The van der Waals surface area contributed by atoms with Crippen molar-refractivity contribution in [2.45, 2.75) is 12.8 Å². The summed E-state index contributed by atoms with van der Waals surface area (Å²) in [7, 11) is 1.61. The van der Waals surface area contributed by atoms with Gasteiger partial charge >= 0.3 is 0 Å². The van der Waals surface area contributed by atoms with Crippen LogP contribution in [0, 0.1) is 11.7 Å². The smallest absolute Gasteiger partial charge is 0.251 e. The lowest BCUT2D eigenvalue weighted by Gasteiger charge is -2.26. The van der Waals surface area contributed by atoms with Crippen molar-refractivity contribution >= 4 is 5.91 Å². The van der Waals surface area contributed by atoms with Gasteiger partial charge in [-0.2, -0.15) is 0 Å². The largest absolute Gasteiger partial charge is 0.497 e. The molecule has 2 aromatic carbocycles. The zero-order valence-electron chi connectivity index (χ0n) is 12.8. The molecule has 0 saturated heterocycles. The third-order valence-corrected chi connectivity index (χ3v) is 4.11. The minimum Gasteiger partial charge on any atom is -0.497 e. The van der Waals surface area contributed by atoms with E-state index in [0.717, 1.165) is 23.5 Å². The van der Waals surface area contributed by atoms with E-state index in [1.807, 2.05) is 18.2 Å². The number of rotatable bonds is 4. The van der Waals surface area contributed by atoms with Crippen molar-refractivity contribution in [3.05, 3.63) is 58.9 Å². The molecule has 0 aliphatic carbocycles. The minimum atomic E-state index is -0.736. The average molecular weight is 315 g/mol. The molecule has 2 aromatic rings. The standard InChI is InChI=1S/C18H18FNO3/c1-22-14-6-5-12-7-11(10-23-16(12)9-14)8-13-3-2-4-15(19)17(13)18(20)21/h2-6,9,11H,7-8,10H2,1H3,(H2,20,21)/t11-/m1/s1. The van der Waals surface area contributed by atoms with E-state index in [2.05, 4.69) is 0 Å². The Balaban J connectivity index is 1.80. The molecular formula is C18H18FNO3. The van der Waals surface area contributed by atoms with Gasteiger partial charge in [0, 0.05) is 12.0 Å². The summed E-state index contributed by atoms with van der Waals surface area (Å²) in [6.07, 6.45) is 1.34. The summed E-state index contributed by atoms with van der Waals surface area (Å²) >= 11 is 0. The van der Waals surface area contributed by atoms with Crippen LogP contribution < -0.4 is 15.2 Å². The van der Waals surface area contributed by atoms with Crippen LogP contribution in [0.5, 0.6) is 11.5 Å². The number of hydrogen-bond donors (Lipinski definition) is 1. The number of amides is 1. The quantitative estimate of drug-likeness (QED) is 0.943. The lowest BCUT2D eigenvalue weighted by Crippen LogP contribution is -2.25. The maximum atomic E-state index is 13.8. The van der Waals surface area contributed by atoms with E-state index in [1.165, 1.54) is 6.07 Å². The molecule has 23 heavy (non-hydrogen) atoms. The Morgan fingerprint density at radius 2 is 2.22 bits per heavy atom. The number of fused-ring (bicyclic) bond motifs is 1. The molecule has 120 valence electrons. The van der Waals surface area contributed by atoms with Gasteiger partial charge < -0.3 is 15.2 Å². The van der Waals surface area contributed by atoms with Crippen molar-refractivity contribution in [3.63, 3.8) is 0 Å². The van der Waals surface area contributed by atoms with Gasteiger partial charge in [-0.25, -0.2) is 4.39 Å². The summed E-state index contributed by atoms with van der Waals surface area (Å²) in [6, 6.07) is 10.3. The molecule has 3 rings (SSSR count). The number of benzene rings is 2. The highest BCUT2D eigenvalue weighted by atomic mass is 19.1. The summed E-state index contributed by atoms with van der Waals surface area (Å²) in [4.78, 5) is 11.5. The van der Waals surface area contributed by atoms with Crippen LogP contribution in [0.4, 0.5) is 4.39 Å². The first-order valence-corrected chi connectivity index (χ1v) is 7.45. The van der Waals surface area contributed by atoms with Gasteiger partial charge in [0.25, 0.3) is 5.91 Å². The lowest BCUT2D eigenvalue weighted by molar-refractivity contribution is 0.0995. The third kappa shape index (κ3) is 3.13. The summed E-state index contributed by atoms with van der Waals surface area (Å²) in [5, 5.41) is 0. The van der Waals surface area contributed by atoms with Gasteiger partial charge in [0.15, 0.2) is 0 Å². The molecule has 5 heteroatoms. The van der Waals surface area contributed by atoms with Crippen LogP contribution in [0.15, 0.2) is 36.4 Å². The van der Waals surface area contributed by atoms with Crippen LogP contribution in [0.1, 0.15) is 21.5 Å². The van der Waals surface area contributed by atoms with Crippen molar-refractivity contribution in [1.82, 2.24) is 0 Å². The fourth-order valence-corrected chi connectivity index (χ4v) is 3.00. The monoisotopic (exact) mass is 315 g/mol. The second-order valence-corrected chi connectivity index (χ2v) is 5.70. The molecule has 0 fully saturated rings. The van der Waals surface area contributed by atoms with E-state index in [4.69, 9.17) is 15.2 Å². The van der Waals surface area contributed by atoms with Gasteiger partial charge in [0.05, 0.1) is 19.3 Å². The minimum absolute atomic E-state index is 0.0203. The molecular weight excluding hydrogens is 297 g/mol. The number of ether oxygens (including phenoxy) is 2. The average Bonchev–Trinajstić information content (AvgIpc) is 2.54. The molecule has 0 bridgehead atoms. The second kappa shape index (κ2) is 6.28. The molecule has 0 radical (unpaired) electrons. The molecule has 1 atom stereocenters. The van der Waals surface area contributed by atoms with Gasteiger partial charge in [0.2, 0.25) is 0 Å². The number of primary amides is 1. The van der Waals surface area contributed by atoms with Gasteiger partial charge in [-0.15, -0.1) is 0 Å². The van der Waals surface area contributed by atoms with Crippen LogP contribution in [0.2, 0.25) is 0 Å². The Hall–Kier alpha value is -2.56. The van der Waals surface area contributed by atoms with Crippen molar-refractivity contribution in [2.24, 2.45) is 11.7 Å². The van der Waals surface area contributed by atoms with E-state index in [-0.39, 0.29) is 11.5 Å². The molecule has 2 N–H and O–H groups in total. The van der Waals surface area contributed by atoms with Crippen LogP contribution in [-0.2, 0) is 12.8 Å². The third-order valence-electron chi connectivity index (χ3n) is 4.11. The first-order valence-electron chi connectivity index (χ1n) is 7.45. The Morgan fingerprint density at radius 3 is 2.96 bits per heavy atom. The summed E-state index contributed by atoms with van der Waals surface area (Å²) < 4.78 is 24.8. The highest BCUT2D eigenvalue weighted by Gasteiger charge is 2.23. The lowest BCUT2D eigenvalue weighted by atomic mass is 9.89. The van der Waals surface area contributed by atoms with Crippen molar-refractivity contribution < 1.29 is 18.7 Å². The SMILES string of the molecule is COc1ccc2c(c1)OC[C@@H](Cc1cccc(F)c1C(N)=O)C2. The molecule has 0 saturated carbocycles. The second-order valence-electron chi connectivity index (χ2n) is 5.70. The number of carbonyl (C=O) groups excluding carboxylic acids is 1. The highest BCUT2D eigenvalue weighted by Crippen LogP contribution is 2.32. The molecule has 0 unspecified atom stereocenters. The van der Waals surface area contributed by atoms with Crippen molar-refractivity contribution in [1.29, 1.82) is 0 Å². The van der Waals surface area contributed by atoms with Crippen molar-refractivity contribution in [3.8, 4) is 11.5 Å². The van der Waals surface area contributed by atoms with Crippen LogP contribution in [0.3, 0.4) is 0 Å². The summed E-state index contributed by atoms with van der Waals surface area (Å²) in [5.41, 5.74) is 6.99. The van der Waals surface area contributed by atoms with E-state index >= 15 is 0 Å². The van der Waals surface area contributed by atoms with Gasteiger partial charge in [-0.05, 0) is 36.1 Å². The maximum absolute atomic E-state index is 13.8. The predicted octanol–water partition coefficient (Wildman–Crippen LogP) is 2.73. The van der Waals surface area contributed by atoms with E-state index in [0.29, 0.717) is 18.6 Å².